The van der Waals surface area contributed by atoms with Crippen LogP contribution in [0.4, 0.5) is 0 Å². The number of H-pyrrole nitrogens is 1. The van der Waals surface area contributed by atoms with Crippen LogP contribution in [-0.4, -0.2) is 22.3 Å². The Bertz CT molecular complexity index is 815. The van der Waals surface area contributed by atoms with E-state index in [0.29, 0.717) is 12.1 Å². The van der Waals surface area contributed by atoms with Crippen molar-refractivity contribution in [3.63, 3.8) is 0 Å². The van der Waals surface area contributed by atoms with Crippen molar-refractivity contribution in [1.29, 1.82) is 0 Å². The number of rotatable bonds is 1. The lowest BCUT2D eigenvalue weighted by molar-refractivity contribution is 0.0734. The lowest BCUT2D eigenvalue weighted by atomic mass is 10.0. The van der Waals surface area contributed by atoms with Crippen LogP contribution in [0, 0.1) is 6.92 Å². The van der Waals surface area contributed by atoms with Gasteiger partial charge >= 0.3 is 0 Å². The molecule has 3 aromatic rings. The number of hydrogen-bond donors (Lipinski definition) is 1. The maximum absolute atomic E-state index is 12.5. The number of amides is 1. The third kappa shape index (κ3) is 1.95. The number of aromatic amines is 1. The molecule has 4 nitrogen and oxygen atoms in total. The van der Waals surface area contributed by atoms with Gasteiger partial charge in [0, 0.05) is 41.7 Å². The zero-order chi connectivity index (χ0) is 14.4. The van der Waals surface area contributed by atoms with Crippen LogP contribution < -0.4 is 0 Å². The molecule has 3 heterocycles. The average molecular weight is 280 g/mol. The molecule has 0 bridgehead atoms. The maximum Gasteiger partial charge on any atom is 0.257 e. The van der Waals surface area contributed by atoms with Crippen LogP contribution in [0.3, 0.4) is 0 Å². The molecule has 1 aromatic carbocycles. The van der Waals surface area contributed by atoms with Crippen molar-refractivity contribution in [2.75, 3.05) is 6.54 Å². The summed E-state index contributed by atoms with van der Waals surface area (Å²) >= 11 is 0. The number of nitrogens with one attached hydrogen (secondary N) is 1. The summed E-state index contributed by atoms with van der Waals surface area (Å²) < 4.78 is 5.01. The first-order valence-electron chi connectivity index (χ1n) is 7.14. The summed E-state index contributed by atoms with van der Waals surface area (Å²) in [5.41, 5.74) is 5.52. The predicted molar refractivity (Wildman–Crippen MR) is 80.2 cm³/mol. The maximum atomic E-state index is 12.5. The quantitative estimate of drug-likeness (QED) is 0.743. The summed E-state index contributed by atoms with van der Waals surface area (Å²) in [4.78, 5) is 17.8. The molecule has 21 heavy (non-hydrogen) atoms. The Morgan fingerprint density at radius 1 is 1.33 bits per heavy atom. The van der Waals surface area contributed by atoms with Crippen molar-refractivity contribution >= 4 is 16.8 Å². The van der Waals surface area contributed by atoms with E-state index in [1.807, 2.05) is 4.90 Å². The van der Waals surface area contributed by atoms with E-state index >= 15 is 0 Å². The number of carbonyl (C=O) groups is 1. The Morgan fingerprint density at radius 3 is 3.05 bits per heavy atom. The highest BCUT2D eigenvalue weighted by Gasteiger charge is 2.25. The number of carbonyl (C=O) groups excluding carboxylic acids is 1. The monoisotopic (exact) mass is 280 g/mol. The summed E-state index contributed by atoms with van der Waals surface area (Å²) in [7, 11) is 0. The highest BCUT2D eigenvalue weighted by atomic mass is 16.3. The fraction of sp³-hybridized carbons (Fsp3) is 0.235. The normalized spacial score (nSPS) is 14.4. The highest BCUT2D eigenvalue weighted by Crippen LogP contribution is 2.29. The molecule has 0 radical (unpaired) electrons. The summed E-state index contributed by atoms with van der Waals surface area (Å²) in [6, 6.07) is 8.14. The van der Waals surface area contributed by atoms with E-state index in [9.17, 15) is 4.79 Å². The van der Waals surface area contributed by atoms with E-state index in [-0.39, 0.29) is 5.91 Å². The predicted octanol–water partition coefficient (Wildman–Crippen LogP) is 3.27. The molecule has 0 fully saturated rings. The van der Waals surface area contributed by atoms with Crippen molar-refractivity contribution < 1.29 is 9.21 Å². The molecular weight excluding hydrogens is 264 g/mol. The molecule has 1 amide bonds. The zero-order valence-electron chi connectivity index (χ0n) is 11.8. The van der Waals surface area contributed by atoms with Gasteiger partial charge in [-0.15, -0.1) is 0 Å². The van der Waals surface area contributed by atoms with Crippen molar-refractivity contribution in [2.24, 2.45) is 0 Å². The van der Waals surface area contributed by atoms with Crippen LogP contribution in [0.2, 0.25) is 0 Å². The van der Waals surface area contributed by atoms with Crippen molar-refractivity contribution in [1.82, 2.24) is 9.88 Å². The number of aromatic nitrogens is 1. The third-order valence-corrected chi connectivity index (χ3v) is 4.19. The summed E-state index contributed by atoms with van der Waals surface area (Å²) in [6.45, 7) is 3.49. The molecule has 1 aliphatic heterocycles. The SMILES string of the molecule is Cc1ccc2[nH]c3c(c2c1)CN(C(=O)c1ccoc1)CC3. The van der Waals surface area contributed by atoms with Gasteiger partial charge in [-0.1, -0.05) is 11.6 Å². The van der Waals surface area contributed by atoms with Gasteiger partial charge in [-0.3, -0.25) is 4.79 Å². The van der Waals surface area contributed by atoms with E-state index in [1.54, 1.807) is 6.07 Å². The zero-order valence-corrected chi connectivity index (χ0v) is 11.8. The smallest absolute Gasteiger partial charge is 0.257 e. The van der Waals surface area contributed by atoms with Crippen molar-refractivity contribution in [3.05, 3.63) is 59.2 Å². The van der Waals surface area contributed by atoms with Gasteiger partial charge in [0.2, 0.25) is 0 Å². The summed E-state index contributed by atoms with van der Waals surface area (Å²) in [5.74, 6) is 0.0383. The highest BCUT2D eigenvalue weighted by molar-refractivity contribution is 5.94. The minimum atomic E-state index is 0.0383. The topological polar surface area (TPSA) is 49.2 Å². The van der Waals surface area contributed by atoms with Gasteiger partial charge in [-0.2, -0.15) is 0 Å². The van der Waals surface area contributed by atoms with Crippen molar-refractivity contribution in [2.45, 2.75) is 19.9 Å². The molecule has 0 aliphatic carbocycles. The van der Waals surface area contributed by atoms with Crippen LogP contribution in [0.15, 0.2) is 41.2 Å². The van der Waals surface area contributed by atoms with Crippen LogP contribution in [-0.2, 0) is 13.0 Å². The fourth-order valence-corrected chi connectivity index (χ4v) is 3.07. The van der Waals surface area contributed by atoms with Gasteiger partial charge in [0.05, 0.1) is 11.8 Å². The fourth-order valence-electron chi connectivity index (χ4n) is 3.07. The molecule has 0 spiro atoms. The second-order valence-electron chi connectivity index (χ2n) is 5.62. The molecule has 4 heteroatoms. The minimum absolute atomic E-state index is 0.0383. The van der Waals surface area contributed by atoms with E-state index < -0.39 is 0 Å². The summed E-state index contributed by atoms with van der Waals surface area (Å²) in [5, 5.41) is 1.23. The Labute approximate surface area is 122 Å². The largest absolute Gasteiger partial charge is 0.472 e. The second-order valence-corrected chi connectivity index (χ2v) is 5.62. The first-order valence-corrected chi connectivity index (χ1v) is 7.14. The molecule has 0 atom stereocenters. The molecule has 2 aromatic heterocycles. The molecule has 106 valence electrons. The van der Waals surface area contributed by atoms with E-state index in [2.05, 4.69) is 30.1 Å². The summed E-state index contributed by atoms with van der Waals surface area (Å²) in [6.07, 6.45) is 3.92. The number of furan rings is 1. The van der Waals surface area contributed by atoms with Crippen LogP contribution >= 0.6 is 0 Å². The van der Waals surface area contributed by atoms with E-state index in [0.717, 1.165) is 18.5 Å². The molecule has 1 aliphatic rings. The standard InChI is InChI=1S/C17H16N2O2/c1-11-2-3-15-13(8-11)14-9-19(6-4-16(14)18-15)17(20)12-5-7-21-10-12/h2-3,5,7-8,10,18H,4,6,9H2,1H3. The van der Waals surface area contributed by atoms with Crippen LogP contribution in [0.1, 0.15) is 27.2 Å². The lowest BCUT2D eigenvalue weighted by Gasteiger charge is -2.26. The van der Waals surface area contributed by atoms with Gasteiger partial charge in [0.1, 0.15) is 6.26 Å². The van der Waals surface area contributed by atoms with Gasteiger partial charge < -0.3 is 14.3 Å². The molecular formula is C17H16N2O2. The first-order chi connectivity index (χ1) is 10.2. The molecule has 0 unspecified atom stereocenters. The molecule has 1 N–H and O–H groups in total. The second kappa shape index (κ2) is 4.52. The number of nitrogens with zero attached hydrogens (tertiary/aromatic N) is 1. The Kier molecular flexibility index (Phi) is 2.64. The van der Waals surface area contributed by atoms with E-state index in [1.165, 1.54) is 34.7 Å². The molecule has 0 saturated heterocycles. The number of aryl methyl sites for hydroxylation is 1. The molecule has 4 rings (SSSR count). The van der Waals surface area contributed by atoms with Crippen molar-refractivity contribution in [3.8, 4) is 0 Å². The number of hydrogen-bond acceptors (Lipinski definition) is 2. The Balaban J connectivity index is 1.72. The minimum Gasteiger partial charge on any atom is -0.472 e. The number of benzene rings is 1. The van der Waals surface area contributed by atoms with Gasteiger partial charge in [-0.25, -0.2) is 0 Å². The van der Waals surface area contributed by atoms with Gasteiger partial charge in [-0.05, 0) is 25.1 Å². The van der Waals surface area contributed by atoms with E-state index in [4.69, 9.17) is 4.42 Å². The Morgan fingerprint density at radius 2 is 2.24 bits per heavy atom. The lowest BCUT2D eigenvalue weighted by Crippen LogP contribution is -2.35. The number of fused-ring (bicyclic) bond motifs is 3. The average Bonchev–Trinajstić information content (AvgIpc) is 3.13. The Hall–Kier alpha value is -2.49. The molecule has 0 saturated carbocycles. The van der Waals surface area contributed by atoms with Crippen LogP contribution in [0.5, 0.6) is 0 Å². The first kappa shape index (κ1) is 12.3. The van der Waals surface area contributed by atoms with Gasteiger partial charge in [0.15, 0.2) is 0 Å². The van der Waals surface area contributed by atoms with Crippen LogP contribution in [0.25, 0.3) is 10.9 Å². The third-order valence-electron chi connectivity index (χ3n) is 4.19. The van der Waals surface area contributed by atoms with Gasteiger partial charge in [0.25, 0.3) is 5.91 Å².